The van der Waals surface area contributed by atoms with E-state index in [4.69, 9.17) is 11.6 Å². The van der Waals surface area contributed by atoms with Gasteiger partial charge in [-0.25, -0.2) is 0 Å². The van der Waals surface area contributed by atoms with Gasteiger partial charge in [0, 0.05) is 5.02 Å². The van der Waals surface area contributed by atoms with Crippen molar-refractivity contribution in [3.63, 3.8) is 0 Å². The normalized spacial score (nSPS) is 24.9. The van der Waals surface area contributed by atoms with Gasteiger partial charge in [-0.3, -0.25) is 4.79 Å². The monoisotopic (exact) mass is 280 g/mol. The van der Waals surface area contributed by atoms with Crippen molar-refractivity contribution in [3.05, 3.63) is 34.9 Å². The molecule has 0 heterocycles. The minimum absolute atomic E-state index is 0.261. The van der Waals surface area contributed by atoms with Crippen LogP contribution in [0.25, 0.3) is 0 Å². The smallest absolute Gasteiger partial charge is 0.311 e. The molecule has 1 aromatic rings. The molecule has 1 aromatic carbocycles. The lowest BCUT2D eigenvalue weighted by Crippen LogP contribution is -2.26. The topological polar surface area (TPSA) is 37.3 Å². The lowest BCUT2D eigenvalue weighted by Gasteiger charge is -2.32. The molecule has 0 aliphatic heterocycles. The molecule has 2 nitrogen and oxygen atoms in total. The van der Waals surface area contributed by atoms with Crippen molar-refractivity contribution in [1.82, 2.24) is 0 Å². The predicted octanol–water partition coefficient (Wildman–Crippen LogP) is 4.72. The first-order valence-corrected chi connectivity index (χ1v) is 7.48. The van der Waals surface area contributed by atoms with Crippen molar-refractivity contribution >= 4 is 17.6 Å². The van der Waals surface area contributed by atoms with Crippen LogP contribution in [-0.4, -0.2) is 11.1 Å². The zero-order chi connectivity index (χ0) is 13.8. The first-order chi connectivity index (χ1) is 9.11. The Hall–Kier alpha value is -1.02. The quantitative estimate of drug-likeness (QED) is 0.866. The highest BCUT2D eigenvalue weighted by Gasteiger charge is 2.33. The van der Waals surface area contributed by atoms with Gasteiger partial charge >= 0.3 is 5.97 Å². The second-order valence-corrected chi connectivity index (χ2v) is 6.00. The number of carboxylic acids is 1. The Bertz CT molecular complexity index is 427. The molecule has 1 aliphatic rings. The minimum Gasteiger partial charge on any atom is -0.481 e. The van der Waals surface area contributed by atoms with Crippen LogP contribution in [0, 0.1) is 11.8 Å². The molecule has 0 spiro atoms. The number of halogens is 1. The van der Waals surface area contributed by atoms with Crippen LogP contribution >= 0.6 is 11.6 Å². The molecular formula is C16H21ClO2. The van der Waals surface area contributed by atoms with Crippen LogP contribution in [0.3, 0.4) is 0 Å². The lowest BCUT2D eigenvalue weighted by atomic mass is 9.72. The first-order valence-electron chi connectivity index (χ1n) is 7.10. The van der Waals surface area contributed by atoms with Gasteiger partial charge in [0.1, 0.15) is 0 Å². The molecule has 104 valence electrons. The zero-order valence-corrected chi connectivity index (χ0v) is 12.1. The molecule has 0 radical (unpaired) electrons. The third-order valence-electron chi connectivity index (χ3n) is 4.37. The highest BCUT2D eigenvalue weighted by atomic mass is 35.5. The van der Waals surface area contributed by atoms with Crippen molar-refractivity contribution in [2.45, 2.75) is 44.9 Å². The number of carbonyl (C=O) groups is 1. The summed E-state index contributed by atoms with van der Waals surface area (Å²) in [4.78, 5) is 11.6. The van der Waals surface area contributed by atoms with Gasteiger partial charge in [-0.1, -0.05) is 49.9 Å². The molecule has 3 atom stereocenters. The van der Waals surface area contributed by atoms with Crippen molar-refractivity contribution < 1.29 is 9.90 Å². The largest absolute Gasteiger partial charge is 0.481 e. The van der Waals surface area contributed by atoms with Gasteiger partial charge < -0.3 is 5.11 Å². The van der Waals surface area contributed by atoms with Crippen LogP contribution < -0.4 is 0 Å². The molecular weight excluding hydrogens is 260 g/mol. The predicted molar refractivity (Wildman–Crippen MR) is 77.6 cm³/mol. The van der Waals surface area contributed by atoms with Crippen molar-refractivity contribution in [3.8, 4) is 0 Å². The summed E-state index contributed by atoms with van der Waals surface area (Å²) in [5.41, 5.74) is 0.888. The fraction of sp³-hybridized carbons (Fsp3) is 0.562. The third kappa shape index (κ3) is 3.50. The summed E-state index contributed by atoms with van der Waals surface area (Å²) in [5.74, 6) is -0.138. The van der Waals surface area contributed by atoms with E-state index in [0.29, 0.717) is 10.9 Å². The van der Waals surface area contributed by atoms with Crippen molar-refractivity contribution in [1.29, 1.82) is 0 Å². The van der Waals surface area contributed by atoms with E-state index in [1.807, 2.05) is 12.1 Å². The van der Waals surface area contributed by atoms with E-state index in [-0.39, 0.29) is 11.8 Å². The average Bonchev–Trinajstić information content (AvgIpc) is 2.41. The van der Waals surface area contributed by atoms with E-state index in [2.05, 4.69) is 6.92 Å². The standard InChI is InChI=1S/C16H21ClO2/c1-2-11-4-3-5-13(10-11)15(16(18)19)12-6-8-14(17)9-7-12/h6-9,11,13,15H,2-5,10H2,1H3,(H,18,19). The summed E-state index contributed by atoms with van der Waals surface area (Å²) in [6.45, 7) is 2.20. The Labute approximate surface area is 119 Å². The maximum Gasteiger partial charge on any atom is 0.311 e. The highest BCUT2D eigenvalue weighted by Crippen LogP contribution is 2.40. The molecule has 1 saturated carbocycles. The highest BCUT2D eigenvalue weighted by molar-refractivity contribution is 6.30. The van der Waals surface area contributed by atoms with Crippen LogP contribution in [0.15, 0.2) is 24.3 Å². The number of aliphatic carboxylic acids is 1. The second kappa shape index (κ2) is 6.42. The van der Waals surface area contributed by atoms with Crippen molar-refractivity contribution in [2.24, 2.45) is 11.8 Å². The summed E-state index contributed by atoms with van der Waals surface area (Å²) < 4.78 is 0. The summed E-state index contributed by atoms with van der Waals surface area (Å²) in [6, 6.07) is 7.28. The summed E-state index contributed by atoms with van der Waals surface area (Å²) in [7, 11) is 0. The van der Waals surface area contributed by atoms with Crippen LogP contribution in [0.5, 0.6) is 0 Å². The second-order valence-electron chi connectivity index (χ2n) is 5.57. The molecule has 0 saturated heterocycles. The van der Waals surface area contributed by atoms with Gasteiger partial charge in [-0.2, -0.15) is 0 Å². The van der Waals surface area contributed by atoms with Crippen LogP contribution in [0.4, 0.5) is 0 Å². The number of hydrogen-bond acceptors (Lipinski definition) is 1. The van der Waals surface area contributed by atoms with E-state index in [0.717, 1.165) is 31.2 Å². The molecule has 0 aromatic heterocycles. The lowest BCUT2D eigenvalue weighted by molar-refractivity contribution is -0.140. The van der Waals surface area contributed by atoms with Gasteiger partial charge in [0.25, 0.3) is 0 Å². The van der Waals surface area contributed by atoms with Gasteiger partial charge in [-0.05, 0) is 42.4 Å². The summed E-state index contributed by atoms with van der Waals surface area (Å²) in [5, 5.41) is 10.2. The van der Waals surface area contributed by atoms with E-state index >= 15 is 0 Å². The van der Waals surface area contributed by atoms with E-state index < -0.39 is 5.97 Å². The first kappa shape index (κ1) is 14.4. The summed E-state index contributed by atoms with van der Waals surface area (Å²) >= 11 is 5.88. The van der Waals surface area contributed by atoms with E-state index in [9.17, 15) is 9.90 Å². The minimum atomic E-state index is -0.705. The summed E-state index contributed by atoms with van der Waals surface area (Å²) in [6.07, 6.45) is 5.62. The van der Waals surface area contributed by atoms with Crippen LogP contribution in [-0.2, 0) is 4.79 Å². The SMILES string of the molecule is CCC1CCCC(C(C(=O)O)c2ccc(Cl)cc2)C1. The Kier molecular flexibility index (Phi) is 4.87. The number of carboxylic acid groups (broad SMARTS) is 1. The van der Waals surface area contributed by atoms with Gasteiger partial charge in [0.05, 0.1) is 5.92 Å². The maximum absolute atomic E-state index is 11.6. The Balaban J connectivity index is 2.20. The molecule has 2 rings (SSSR count). The Morgan fingerprint density at radius 1 is 1.37 bits per heavy atom. The van der Waals surface area contributed by atoms with E-state index in [1.54, 1.807) is 12.1 Å². The molecule has 1 aliphatic carbocycles. The average molecular weight is 281 g/mol. The molecule has 3 unspecified atom stereocenters. The van der Waals surface area contributed by atoms with Gasteiger partial charge in [0.15, 0.2) is 0 Å². The number of benzene rings is 1. The van der Waals surface area contributed by atoms with Crippen molar-refractivity contribution in [2.75, 3.05) is 0 Å². The van der Waals surface area contributed by atoms with Crippen LogP contribution in [0.1, 0.15) is 50.5 Å². The maximum atomic E-state index is 11.6. The molecule has 1 N–H and O–H groups in total. The molecule has 1 fully saturated rings. The number of rotatable bonds is 4. The fourth-order valence-electron chi connectivity index (χ4n) is 3.29. The van der Waals surface area contributed by atoms with Crippen LogP contribution in [0.2, 0.25) is 5.02 Å². The Morgan fingerprint density at radius 2 is 2.05 bits per heavy atom. The zero-order valence-electron chi connectivity index (χ0n) is 11.3. The molecule has 19 heavy (non-hydrogen) atoms. The third-order valence-corrected chi connectivity index (χ3v) is 4.62. The van der Waals surface area contributed by atoms with Gasteiger partial charge in [-0.15, -0.1) is 0 Å². The Morgan fingerprint density at radius 3 is 2.63 bits per heavy atom. The fourth-order valence-corrected chi connectivity index (χ4v) is 3.42. The molecule has 0 amide bonds. The number of hydrogen-bond donors (Lipinski definition) is 1. The van der Waals surface area contributed by atoms with E-state index in [1.165, 1.54) is 6.42 Å². The van der Waals surface area contributed by atoms with Gasteiger partial charge in [0.2, 0.25) is 0 Å². The molecule has 0 bridgehead atoms. The molecule has 3 heteroatoms.